The molecule has 0 aliphatic carbocycles. The number of aromatic hydroxyl groups is 2. The summed E-state index contributed by atoms with van der Waals surface area (Å²) in [6.07, 6.45) is 7.91. The Labute approximate surface area is 358 Å². The molecule has 0 unspecified atom stereocenters. The molecule has 2 aliphatic heterocycles. The van der Waals surface area contributed by atoms with E-state index in [1.54, 1.807) is 0 Å². The van der Waals surface area contributed by atoms with Crippen molar-refractivity contribution in [2.45, 2.75) is 52.4 Å². The number of rotatable bonds is 2. The molecule has 8 heteroatoms. The molecule has 0 fully saturated rings. The third-order valence-corrected chi connectivity index (χ3v) is 10.8. The van der Waals surface area contributed by atoms with Crippen molar-refractivity contribution in [1.29, 1.82) is 0 Å². The Kier molecular flexibility index (Phi) is 10.7. The molecule has 4 aromatic carbocycles. The van der Waals surface area contributed by atoms with Crippen LogP contribution in [0.3, 0.4) is 0 Å². The summed E-state index contributed by atoms with van der Waals surface area (Å²) in [6.45, 7) is 13.0. The van der Waals surface area contributed by atoms with Gasteiger partial charge in [0.05, 0.1) is 22.8 Å². The molecule has 58 heavy (non-hydrogen) atoms. The molecule has 3 aromatic heterocycles. The van der Waals surface area contributed by atoms with E-state index in [4.69, 9.17) is 19.9 Å². The van der Waals surface area contributed by atoms with Crippen molar-refractivity contribution in [2.24, 2.45) is 0 Å². The zero-order chi connectivity index (χ0) is 38.9. The molecule has 2 aliphatic rings. The fraction of sp³-hybridized carbons (Fsp3) is 0.160. The molecule has 0 atom stereocenters. The summed E-state index contributed by atoms with van der Waals surface area (Å²) < 4.78 is 0. The van der Waals surface area contributed by atoms with Gasteiger partial charge in [0, 0.05) is 55.1 Å². The first kappa shape index (κ1) is 40.5. The Balaban J connectivity index is 0.00000256. The number of aromatic nitrogens is 4. The second kappa shape index (κ2) is 15.3. The number of nitrogens with zero attached hydrogens (tertiary/aromatic N) is 4. The Morgan fingerprint density at radius 2 is 0.741 bits per heavy atom. The molecule has 0 spiro atoms. The van der Waals surface area contributed by atoms with Crippen LogP contribution in [0.25, 0.3) is 90.2 Å². The monoisotopic (exact) mass is 848 g/mol. The van der Waals surface area contributed by atoms with Gasteiger partial charge in [-0.05, 0) is 92.8 Å². The Hall–Kier alpha value is -5.65. The van der Waals surface area contributed by atoms with Crippen LogP contribution < -0.4 is 9.97 Å². The van der Waals surface area contributed by atoms with Gasteiger partial charge in [-0.25, -0.2) is 9.97 Å². The molecule has 6 nitrogen and oxygen atoms in total. The molecule has 5 heterocycles. The van der Waals surface area contributed by atoms with Crippen molar-refractivity contribution >= 4 is 67.9 Å². The third kappa shape index (κ3) is 7.22. The Morgan fingerprint density at radius 3 is 1.10 bits per heavy atom. The zero-order valence-corrected chi connectivity index (χ0v) is 35.1. The molecule has 0 saturated carbocycles. The number of phenols is 2. The van der Waals surface area contributed by atoms with E-state index < -0.39 is 0 Å². The van der Waals surface area contributed by atoms with Gasteiger partial charge >= 0.3 is 0 Å². The number of hydrogen-bond acceptors (Lipinski definition) is 4. The minimum atomic E-state index is -0.224. The molecule has 0 saturated heterocycles. The summed E-state index contributed by atoms with van der Waals surface area (Å²) in [5.74, 6) is 0.241. The maximum absolute atomic E-state index is 12.1. The van der Waals surface area contributed by atoms with Gasteiger partial charge in [-0.1, -0.05) is 126 Å². The maximum atomic E-state index is 12.1. The van der Waals surface area contributed by atoms with E-state index in [1.165, 1.54) is 0 Å². The van der Waals surface area contributed by atoms with Gasteiger partial charge in [0.25, 0.3) is 0 Å². The zero-order valence-electron chi connectivity index (χ0n) is 33.1. The molecule has 2 N–H and O–H groups in total. The number of fused-ring (bicyclic) bond motifs is 16. The third-order valence-electron chi connectivity index (χ3n) is 10.8. The van der Waals surface area contributed by atoms with Crippen molar-refractivity contribution in [3.63, 3.8) is 0 Å². The van der Waals surface area contributed by atoms with Crippen LogP contribution in [0.1, 0.15) is 75.4 Å². The van der Waals surface area contributed by atoms with E-state index in [0.717, 1.165) is 55.8 Å². The predicted molar refractivity (Wildman–Crippen MR) is 232 cm³/mol. The summed E-state index contributed by atoms with van der Waals surface area (Å²) in [6, 6.07) is 36.3. The quantitative estimate of drug-likeness (QED) is 0.180. The van der Waals surface area contributed by atoms with Gasteiger partial charge in [0.2, 0.25) is 0 Å². The van der Waals surface area contributed by atoms with Gasteiger partial charge in [-0.2, -0.15) is 0 Å². The van der Waals surface area contributed by atoms with Gasteiger partial charge in [0.15, 0.2) is 0 Å². The molecule has 12 bridgehead atoms. The molecular weight excluding hydrogens is 806 g/mol. The van der Waals surface area contributed by atoms with Crippen LogP contribution in [0, 0.1) is 0 Å². The summed E-state index contributed by atoms with van der Waals surface area (Å²) in [4.78, 5) is 20.8. The van der Waals surface area contributed by atoms with E-state index >= 15 is 0 Å². The summed E-state index contributed by atoms with van der Waals surface area (Å²) >= 11 is 0. The van der Waals surface area contributed by atoms with Crippen LogP contribution in [0.4, 0.5) is 0 Å². The predicted octanol–water partition coefficient (Wildman–Crippen LogP) is 12.1. The fourth-order valence-corrected chi connectivity index (χ4v) is 7.59. The molecule has 9 rings (SSSR count). The van der Waals surface area contributed by atoms with Crippen molar-refractivity contribution in [2.75, 3.05) is 0 Å². The number of hydrogen-bond donors (Lipinski definition) is 2. The first-order chi connectivity index (χ1) is 26.8. The van der Waals surface area contributed by atoms with Crippen LogP contribution in [-0.4, -0.2) is 20.2 Å². The van der Waals surface area contributed by atoms with Crippen molar-refractivity contribution in [3.05, 3.63) is 143 Å². The first-order valence-electron chi connectivity index (χ1n) is 19.0. The van der Waals surface area contributed by atoms with Crippen LogP contribution in [0.15, 0.2) is 109 Å². The standard InChI is InChI=1S/C50H42N4O2.2Co/c1-49(2,3)31-25-33-37-17-21-41(51-37)45(29-13-9-7-10-14-29)43-23-19-39(53-43)35-27-32(50(4,5)6)28-36(48(35)56)40-20-24-44(54-40)46(30-15-11-8-12-16-30)42-22-18-38(52-42)34(26-31)47(33)55;;/h7-28H,1-6H3,(H2-2,51,52,53,54,55,56);;/q-2;;. The summed E-state index contributed by atoms with van der Waals surface area (Å²) in [7, 11) is 0. The van der Waals surface area contributed by atoms with E-state index in [0.29, 0.717) is 44.0 Å². The van der Waals surface area contributed by atoms with E-state index in [1.807, 2.05) is 109 Å². The second-order valence-electron chi connectivity index (χ2n) is 16.7. The number of phenolic OH excluding ortho intramolecular Hbond substituents is 2. The smallest absolute Gasteiger partial charge is 0.130 e. The minimum absolute atomic E-state index is 0. The summed E-state index contributed by atoms with van der Waals surface area (Å²) in [5, 5.41) is 26.8. The van der Waals surface area contributed by atoms with Gasteiger partial charge in [-0.3, -0.25) is 0 Å². The van der Waals surface area contributed by atoms with Crippen molar-refractivity contribution in [1.82, 2.24) is 19.9 Å². The van der Waals surface area contributed by atoms with Crippen LogP contribution in [0.2, 0.25) is 0 Å². The van der Waals surface area contributed by atoms with Gasteiger partial charge in [-0.15, -0.1) is 22.1 Å². The van der Waals surface area contributed by atoms with Gasteiger partial charge < -0.3 is 20.2 Å². The maximum Gasteiger partial charge on any atom is 0.130 e. The molecule has 2 radical (unpaired) electrons. The van der Waals surface area contributed by atoms with E-state index in [9.17, 15) is 10.2 Å². The molecule has 7 aromatic rings. The normalized spacial score (nSPS) is 12.4. The second-order valence-corrected chi connectivity index (χ2v) is 16.7. The van der Waals surface area contributed by atoms with Crippen LogP contribution >= 0.6 is 0 Å². The summed E-state index contributed by atoms with van der Waals surface area (Å²) in [5.41, 5.74) is 10.8. The van der Waals surface area contributed by atoms with Crippen molar-refractivity contribution < 1.29 is 43.8 Å². The topological polar surface area (TPSA) is 94.4 Å². The molecule has 0 amide bonds. The van der Waals surface area contributed by atoms with E-state index in [-0.39, 0.29) is 55.9 Å². The molecular formula is C50H42Co2N4O2-2. The van der Waals surface area contributed by atoms with Crippen LogP contribution in [-0.2, 0) is 44.4 Å². The van der Waals surface area contributed by atoms with Crippen LogP contribution in [0.5, 0.6) is 11.5 Å². The average Bonchev–Trinajstić information content (AvgIpc) is 4.01. The first-order valence-corrected chi connectivity index (χ1v) is 19.0. The SMILES string of the molecule is CC(C)(C)c1cc2c3nc(c(-c4ccccc4)c4ccc([n-]4)c4cc(C(C)(C)C)cc(c5nc(c(-c6ccccc6)c6ccc([n-]6)c(c1)c2O)C=C5)c4O)C=C3.[Co].[Co]. The average molecular weight is 849 g/mol. The Bertz CT molecular complexity index is 2800. The minimum Gasteiger partial charge on any atom is -0.657 e. The van der Waals surface area contributed by atoms with Crippen molar-refractivity contribution in [3.8, 4) is 33.8 Å². The number of benzene rings is 4. The Morgan fingerprint density at radius 1 is 0.414 bits per heavy atom. The van der Waals surface area contributed by atoms with Gasteiger partial charge in [0.1, 0.15) is 11.5 Å². The molecule has 294 valence electrons. The fourth-order valence-electron chi connectivity index (χ4n) is 7.59. The van der Waals surface area contributed by atoms with E-state index in [2.05, 4.69) is 65.8 Å². The largest absolute Gasteiger partial charge is 0.657 e.